The number of hydrogen-bond donors (Lipinski definition) is 1. The Kier molecular flexibility index (Phi) is 3.09. The van der Waals surface area contributed by atoms with E-state index in [0.29, 0.717) is 4.64 Å². The van der Waals surface area contributed by atoms with Gasteiger partial charge in [-0.05, 0) is 45.2 Å². The predicted octanol–water partition coefficient (Wildman–Crippen LogP) is 1.65. The van der Waals surface area contributed by atoms with Crippen molar-refractivity contribution in [3.63, 3.8) is 0 Å². The van der Waals surface area contributed by atoms with Crippen LogP contribution in [-0.4, -0.2) is 9.55 Å². The van der Waals surface area contributed by atoms with Crippen molar-refractivity contribution in [2.75, 3.05) is 0 Å². The summed E-state index contributed by atoms with van der Waals surface area (Å²) in [5.74, 6) is 0. The van der Waals surface area contributed by atoms with E-state index in [9.17, 15) is 4.79 Å². The first-order valence-electron chi connectivity index (χ1n) is 2.68. The minimum atomic E-state index is -0.167. The third-order valence-corrected chi connectivity index (χ3v) is 5.22. The van der Waals surface area contributed by atoms with Crippen molar-refractivity contribution < 1.29 is 0 Å². The summed E-state index contributed by atoms with van der Waals surface area (Å²) in [5.41, 5.74) is -0.167. The molecule has 60 valence electrons. The van der Waals surface area contributed by atoms with E-state index >= 15 is 0 Å². The summed E-state index contributed by atoms with van der Waals surface area (Å²) in [6.07, 6.45) is 0. The van der Waals surface area contributed by atoms with E-state index in [0.717, 1.165) is 7.27 Å². The van der Waals surface area contributed by atoms with E-state index in [1.54, 1.807) is 7.05 Å². The molecule has 0 saturated carbocycles. The molecule has 1 aromatic rings. The number of halogens is 2. The number of nitrogens with zero attached hydrogens (tertiary/aromatic N) is 1. The molecule has 0 aliphatic rings. The molecule has 3 nitrogen and oxygen atoms in total. The van der Waals surface area contributed by atoms with Crippen molar-refractivity contribution in [1.82, 2.24) is 9.55 Å². The molecule has 0 aliphatic carbocycles. The quantitative estimate of drug-likeness (QED) is 0.413. The smallest absolute Gasteiger partial charge is 0.297 e. The van der Waals surface area contributed by atoms with Crippen LogP contribution in [-0.2, 0) is 7.05 Å². The maximum absolute atomic E-state index is 11.0. The van der Waals surface area contributed by atoms with Gasteiger partial charge in [0.25, 0.3) is 0 Å². The molecule has 0 unspecified atom stereocenters. The number of aromatic amines is 1. The molecule has 1 aromatic heterocycles. The molecule has 0 amide bonds. The highest BCUT2D eigenvalue weighted by molar-refractivity contribution is 14.1. The molecule has 0 radical (unpaired) electrons. The van der Waals surface area contributed by atoms with Gasteiger partial charge in [-0.15, -0.1) is 0 Å². The van der Waals surface area contributed by atoms with Crippen LogP contribution in [0.4, 0.5) is 0 Å². The number of hydrogen-bond acceptors (Lipinski definition) is 2. The molecule has 11 heavy (non-hydrogen) atoms. The fourth-order valence-electron chi connectivity index (χ4n) is 0.566. The van der Waals surface area contributed by atoms with Gasteiger partial charge in [0.1, 0.15) is 8.34 Å². The van der Waals surface area contributed by atoms with E-state index < -0.39 is 0 Å². The molecule has 6 heteroatoms. The highest BCUT2D eigenvalue weighted by atomic mass is 127. The Morgan fingerprint density at radius 3 is 2.64 bits per heavy atom. The standard InChI is InChI=1S/C5H4I2N2OS/c1-9-3(7)2(6)4(11)8-5(9)10/h1H3,(H,8,10,11). The van der Waals surface area contributed by atoms with Gasteiger partial charge in [0.15, 0.2) is 0 Å². The van der Waals surface area contributed by atoms with Gasteiger partial charge in [0.05, 0.1) is 3.57 Å². The van der Waals surface area contributed by atoms with Gasteiger partial charge in [-0.2, -0.15) is 0 Å². The Hall–Kier alpha value is 0.560. The third kappa shape index (κ3) is 1.83. The zero-order valence-corrected chi connectivity index (χ0v) is 10.7. The minimum Gasteiger partial charge on any atom is -0.297 e. The lowest BCUT2D eigenvalue weighted by Gasteiger charge is -2.01. The van der Waals surface area contributed by atoms with Gasteiger partial charge in [-0.25, -0.2) is 4.79 Å². The highest BCUT2D eigenvalue weighted by Gasteiger charge is 2.02. The number of aromatic nitrogens is 2. The van der Waals surface area contributed by atoms with Crippen LogP contribution >= 0.6 is 57.4 Å². The topological polar surface area (TPSA) is 37.8 Å². The SMILES string of the molecule is Cn1c(I)c(I)c(=S)[nH]c1=O. The molecule has 0 bridgehead atoms. The highest BCUT2D eigenvalue weighted by Crippen LogP contribution is 2.11. The lowest BCUT2D eigenvalue weighted by Crippen LogP contribution is -2.23. The second-order valence-corrected chi connectivity index (χ2v) is 4.43. The minimum absolute atomic E-state index is 0.167. The van der Waals surface area contributed by atoms with Crippen molar-refractivity contribution >= 4 is 57.4 Å². The first-order chi connectivity index (χ1) is 5.04. The van der Waals surface area contributed by atoms with Crippen LogP contribution in [0.3, 0.4) is 0 Å². The van der Waals surface area contributed by atoms with E-state index in [-0.39, 0.29) is 5.69 Å². The molecule has 1 rings (SSSR count). The maximum Gasteiger partial charge on any atom is 0.327 e. The molecule has 1 heterocycles. The summed E-state index contributed by atoms with van der Waals surface area (Å²) < 4.78 is 3.83. The van der Waals surface area contributed by atoms with Crippen LogP contribution in [0.1, 0.15) is 0 Å². The Bertz CT molecular complexity index is 360. The molecule has 0 saturated heterocycles. The van der Waals surface area contributed by atoms with Crippen molar-refractivity contribution in [3.8, 4) is 0 Å². The van der Waals surface area contributed by atoms with Gasteiger partial charge >= 0.3 is 5.69 Å². The maximum atomic E-state index is 11.0. The second kappa shape index (κ2) is 3.52. The van der Waals surface area contributed by atoms with Gasteiger partial charge in [0.2, 0.25) is 0 Å². The summed E-state index contributed by atoms with van der Waals surface area (Å²) in [7, 11) is 1.71. The summed E-state index contributed by atoms with van der Waals surface area (Å²) in [5, 5.41) is 0. The molecule has 0 fully saturated rings. The van der Waals surface area contributed by atoms with E-state index in [1.165, 1.54) is 4.57 Å². The predicted molar refractivity (Wildman–Crippen MR) is 62.3 cm³/mol. The second-order valence-electron chi connectivity index (χ2n) is 1.92. The molecule has 0 spiro atoms. The summed E-state index contributed by atoms with van der Waals surface area (Å²) in [4.78, 5) is 13.6. The van der Waals surface area contributed by atoms with Gasteiger partial charge in [0, 0.05) is 7.05 Å². The van der Waals surface area contributed by atoms with Crippen molar-refractivity contribution in [3.05, 3.63) is 22.4 Å². The van der Waals surface area contributed by atoms with Crippen molar-refractivity contribution in [1.29, 1.82) is 0 Å². The molecule has 1 N–H and O–H groups in total. The number of H-pyrrole nitrogens is 1. The summed E-state index contributed by atoms with van der Waals surface area (Å²) in [6, 6.07) is 0. The Morgan fingerprint density at radius 2 is 2.09 bits per heavy atom. The first-order valence-corrected chi connectivity index (χ1v) is 5.25. The van der Waals surface area contributed by atoms with E-state index in [2.05, 4.69) is 50.2 Å². The number of nitrogens with one attached hydrogen (secondary N) is 1. The van der Waals surface area contributed by atoms with Gasteiger partial charge in [-0.3, -0.25) is 9.55 Å². The van der Waals surface area contributed by atoms with Crippen LogP contribution in [0.25, 0.3) is 0 Å². The molecule has 0 atom stereocenters. The molecule has 0 aliphatic heterocycles. The van der Waals surface area contributed by atoms with Crippen LogP contribution in [0.2, 0.25) is 0 Å². The average Bonchev–Trinajstić information content (AvgIpc) is 1.97. The lowest BCUT2D eigenvalue weighted by atomic mass is 10.7. The average molecular weight is 394 g/mol. The summed E-state index contributed by atoms with van der Waals surface area (Å²) in [6.45, 7) is 0. The molecular weight excluding hydrogens is 390 g/mol. The third-order valence-electron chi connectivity index (χ3n) is 1.20. The molecular formula is C5H4I2N2OS. The molecule has 0 aromatic carbocycles. The zero-order valence-electron chi connectivity index (χ0n) is 5.52. The van der Waals surface area contributed by atoms with Crippen LogP contribution in [0.15, 0.2) is 4.79 Å². The van der Waals surface area contributed by atoms with Gasteiger partial charge < -0.3 is 0 Å². The van der Waals surface area contributed by atoms with E-state index in [4.69, 9.17) is 12.2 Å². The lowest BCUT2D eigenvalue weighted by molar-refractivity contribution is 0.774. The Labute approximate surface area is 95.5 Å². The van der Waals surface area contributed by atoms with E-state index in [1.807, 2.05) is 0 Å². The summed E-state index contributed by atoms with van der Waals surface area (Å²) >= 11 is 9.10. The van der Waals surface area contributed by atoms with Crippen LogP contribution < -0.4 is 5.69 Å². The largest absolute Gasteiger partial charge is 0.327 e. The number of rotatable bonds is 0. The van der Waals surface area contributed by atoms with Crippen LogP contribution in [0, 0.1) is 11.9 Å². The normalized spacial score (nSPS) is 10.1. The van der Waals surface area contributed by atoms with Gasteiger partial charge in [-0.1, -0.05) is 12.2 Å². The van der Waals surface area contributed by atoms with Crippen molar-refractivity contribution in [2.45, 2.75) is 0 Å². The fourth-order valence-corrected chi connectivity index (χ4v) is 1.92. The van der Waals surface area contributed by atoms with Crippen LogP contribution in [0.5, 0.6) is 0 Å². The first kappa shape index (κ1) is 9.65. The monoisotopic (exact) mass is 394 g/mol. The zero-order chi connectivity index (χ0) is 8.59. The Morgan fingerprint density at radius 1 is 1.55 bits per heavy atom. The Balaban J connectivity index is 3.73. The fraction of sp³-hybridized carbons (Fsp3) is 0.200. The van der Waals surface area contributed by atoms with Crippen molar-refractivity contribution in [2.24, 2.45) is 7.05 Å².